The van der Waals surface area contributed by atoms with Crippen molar-refractivity contribution >= 4 is 50.9 Å². The molecule has 2 aromatic carbocycles. The van der Waals surface area contributed by atoms with Gasteiger partial charge in [0.2, 0.25) is 0 Å². The van der Waals surface area contributed by atoms with Crippen molar-refractivity contribution in [2.45, 2.75) is 39.1 Å². The van der Waals surface area contributed by atoms with Gasteiger partial charge < -0.3 is 9.47 Å². The van der Waals surface area contributed by atoms with Gasteiger partial charge in [-0.15, -0.1) is 0 Å². The number of esters is 1. The molecule has 38 heavy (non-hydrogen) atoms. The average molecular weight is 630 g/mol. The number of ether oxygens (including phenoxy) is 2. The second kappa shape index (κ2) is 11.1. The van der Waals surface area contributed by atoms with Crippen molar-refractivity contribution in [3.05, 3.63) is 94.0 Å². The van der Waals surface area contributed by atoms with Crippen LogP contribution < -0.4 is 19.6 Å². The molecule has 12 heteroatoms. The molecule has 1 atom stereocenters. The van der Waals surface area contributed by atoms with Crippen molar-refractivity contribution in [2.24, 2.45) is 4.99 Å². The number of benzene rings is 2. The van der Waals surface area contributed by atoms with Crippen LogP contribution in [0.1, 0.15) is 37.9 Å². The van der Waals surface area contributed by atoms with Crippen molar-refractivity contribution < 1.29 is 27.4 Å². The van der Waals surface area contributed by atoms with E-state index >= 15 is 0 Å². The number of allylic oxidation sites excluding steroid dienone is 1. The van der Waals surface area contributed by atoms with Crippen LogP contribution in [0.15, 0.2) is 68.0 Å². The van der Waals surface area contributed by atoms with Crippen LogP contribution in [0.2, 0.25) is 5.02 Å². The Morgan fingerprint density at radius 3 is 2.53 bits per heavy atom. The summed E-state index contributed by atoms with van der Waals surface area (Å²) in [7, 11) is 0. The number of hydrogen-bond acceptors (Lipinski definition) is 6. The summed E-state index contributed by atoms with van der Waals surface area (Å²) < 4.78 is 55.4. The molecule has 0 amide bonds. The van der Waals surface area contributed by atoms with Gasteiger partial charge in [0.1, 0.15) is 5.75 Å². The Morgan fingerprint density at radius 2 is 1.92 bits per heavy atom. The van der Waals surface area contributed by atoms with Crippen molar-refractivity contribution in [3.63, 3.8) is 0 Å². The Labute approximate surface area is 232 Å². The zero-order valence-electron chi connectivity index (χ0n) is 20.3. The Kier molecular flexibility index (Phi) is 8.20. The average Bonchev–Trinajstić information content (AvgIpc) is 3.14. The Balaban J connectivity index is 2.04. The van der Waals surface area contributed by atoms with Crippen LogP contribution in [0, 0.1) is 0 Å². The largest absolute Gasteiger partial charge is 0.490 e. The highest BCUT2D eigenvalue weighted by Crippen LogP contribution is 2.38. The van der Waals surface area contributed by atoms with Crippen molar-refractivity contribution in [3.8, 4) is 5.75 Å². The zero-order chi connectivity index (χ0) is 27.8. The minimum absolute atomic E-state index is 0.112. The first kappa shape index (κ1) is 28.1. The molecule has 1 aliphatic rings. The fourth-order valence-corrected chi connectivity index (χ4v) is 5.43. The molecule has 1 aliphatic heterocycles. The van der Waals surface area contributed by atoms with Crippen LogP contribution in [0.25, 0.3) is 6.08 Å². The number of hydrogen-bond donors (Lipinski definition) is 0. The normalized spacial score (nSPS) is 15.9. The summed E-state index contributed by atoms with van der Waals surface area (Å²) >= 11 is 10.2. The van der Waals surface area contributed by atoms with Crippen molar-refractivity contribution in [2.75, 3.05) is 6.61 Å². The smallest absolute Gasteiger partial charge is 0.434 e. The number of nitrogens with zero attached hydrogens (tertiary/aromatic N) is 2. The van der Waals surface area contributed by atoms with Crippen LogP contribution in [0.5, 0.6) is 5.75 Å². The molecule has 0 fully saturated rings. The lowest BCUT2D eigenvalue weighted by Crippen LogP contribution is -2.41. The number of rotatable bonds is 6. The van der Waals surface area contributed by atoms with Crippen LogP contribution in [-0.4, -0.2) is 29.4 Å². The molecule has 0 N–H and O–H groups in total. The van der Waals surface area contributed by atoms with Crippen LogP contribution in [0.3, 0.4) is 0 Å². The molecule has 0 aliphatic carbocycles. The second-order valence-corrected chi connectivity index (χ2v) is 10.8. The summed E-state index contributed by atoms with van der Waals surface area (Å²) in [5.41, 5.74) is -2.01. The lowest BCUT2D eigenvalue weighted by atomic mass is 9.95. The number of carbonyl (C=O) groups excluding carboxylic acids is 1. The molecule has 3 aromatic rings. The van der Waals surface area contributed by atoms with Gasteiger partial charge in [0.15, 0.2) is 10.5 Å². The predicted molar refractivity (Wildman–Crippen MR) is 142 cm³/mol. The maximum absolute atomic E-state index is 14.2. The lowest BCUT2D eigenvalue weighted by Gasteiger charge is -2.26. The Bertz CT molecular complexity index is 1590. The van der Waals surface area contributed by atoms with E-state index in [1.165, 1.54) is 37.3 Å². The van der Waals surface area contributed by atoms with Gasteiger partial charge in [0.05, 0.1) is 28.9 Å². The fourth-order valence-electron chi connectivity index (χ4n) is 3.94. The molecular weight excluding hydrogens is 609 g/mol. The quantitative estimate of drug-likeness (QED) is 0.336. The topological polar surface area (TPSA) is 69.9 Å². The minimum atomic E-state index is -4.98. The summed E-state index contributed by atoms with van der Waals surface area (Å²) in [6, 6.07) is 9.67. The first-order chi connectivity index (χ1) is 17.9. The SMILES string of the molecule is CCOC(=O)C1=C(C(F)(F)F)N=c2s/c(=C\c3cc(Br)ccc3OC(C)C)c(=O)n2[C@@H]1c1ccc(Cl)cc1. The summed E-state index contributed by atoms with van der Waals surface area (Å²) in [5, 5.41) is 0.339. The summed E-state index contributed by atoms with van der Waals surface area (Å²) in [6.07, 6.45) is -3.60. The van der Waals surface area contributed by atoms with Gasteiger partial charge >= 0.3 is 12.1 Å². The molecule has 0 saturated carbocycles. The lowest BCUT2D eigenvalue weighted by molar-refractivity contribution is -0.140. The third-order valence-corrected chi connectivity index (χ3v) is 7.13. The Morgan fingerprint density at radius 1 is 1.24 bits per heavy atom. The molecule has 2 heterocycles. The van der Waals surface area contributed by atoms with Crippen molar-refractivity contribution in [1.29, 1.82) is 0 Å². The van der Waals surface area contributed by atoms with E-state index in [2.05, 4.69) is 20.9 Å². The Hall–Kier alpha value is -2.89. The molecule has 6 nitrogen and oxygen atoms in total. The highest BCUT2D eigenvalue weighted by molar-refractivity contribution is 9.10. The molecule has 0 bridgehead atoms. The van der Waals surface area contributed by atoms with Gasteiger partial charge in [-0.3, -0.25) is 9.36 Å². The first-order valence-corrected chi connectivity index (χ1v) is 13.4. The molecule has 0 saturated heterocycles. The standard InChI is InChI=1S/C26H21BrClF3N2O4S/c1-4-36-24(35)20-21(14-5-8-17(28)9-6-14)33-23(34)19(38-25(33)32-22(20)26(29,30)31)12-15-11-16(27)7-10-18(15)37-13(2)3/h5-13,21H,4H2,1-3H3/b19-12-/t21-/m1/s1. The summed E-state index contributed by atoms with van der Waals surface area (Å²) in [5.74, 6) is -0.719. The van der Waals surface area contributed by atoms with E-state index in [9.17, 15) is 22.8 Å². The summed E-state index contributed by atoms with van der Waals surface area (Å²) in [6.45, 7) is 5.02. The monoisotopic (exact) mass is 628 g/mol. The fraction of sp³-hybridized carbons (Fsp3) is 0.269. The van der Waals surface area contributed by atoms with E-state index in [1.807, 2.05) is 13.8 Å². The number of thiazole rings is 1. The third-order valence-electron chi connectivity index (χ3n) is 5.40. The van der Waals surface area contributed by atoms with E-state index < -0.39 is 35.0 Å². The van der Waals surface area contributed by atoms with Gasteiger partial charge in [-0.1, -0.05) is 51.0 Å². The predicted octanol–water partition coefficient (Wildman–Crippen LogP) is 5.54. The highest BCUT2D eigenvalue weighted by atomic mass is 79.9. The van der Waals surface area contributed by atoms with Crippen molar-refractivity contribution in [1.82, 2.24) is 4.57 Å². The van der Waals surface area contributed by atoms with Crippen LogP contribution >= 0.6 is 38.9 Å². The van der Waals surface area contributed by atoms with E-state index in [1.54, 1.807) is 18.2 Å². The molecule has 4 rings (SSSR count). The molecule has 0 spiro atoms. The number of halogens is 5. The minimum Gasteiger partial charge on any atom is -0.490 e. The first-order valence-electron chi connectivity index (χ1n) is 11.4. The summed E-state index contributed by atoms with van der Waals surface area (Å²) in [4.78, 5) is 30.2. The number of aromatic nitrogens is 1. The molecular formula is C26H21BrClF3N2O4S. The molecule has 200 valence electrons. The van der Waals surface area contributed by atoms with Gasteiger partial charge in [-0.25, -0.2) is 9.79 Å². The number of alkyl halides is 3. The van der Waals surface area contributed by atoms with Gasteiger partial charge in [0.25, 0.3) is 5.56 Å². The van der Waals surface area contributed by atoms with Crippen LogP contribution in [0.4, 0.5) is 13.2 Å². The maximum Gasteiger partial charge on any atom is 0.434 e. The second-order valence-electron chi connectivity index (χ2n) is 8.46. The molecule has 0 unspecified atom stereocenters. The van der Waals surface area contributed by atoms with E-state index in [-0.39, 0.29) is 27.6 Å². The van der Waals surface area contributed by atoms with E-state index in [4.69, 9.17) is 21.1 Å². The van der Waals surface area contributed by atoms with Crippen LogP contribution in [-0.2, 0) is 9.53 Å². The number of fused-ring (bicyclic) bond motifs is 1. The third kappa shape index (κ3) is 5.74. The maximum atomic E-state index is 14.2. The van der Waals surface area contributed by atoms with Gasteiger partial charge in [-0.05, 0) is 62.7 Å². The molecule has 0 radical (unpaired) electrons. The highest BCUT2D eigenvalue weighted by Gasteiger charge is 2.45. The molecule has 1 aromatic heterocycles. The number of carbonyl (C=O) groups is 1. The van der Waals surface area contributed by atoms with E-state index in [0.29, 0.717) is 16.3 Å². The van der Waals surface area contributed by atoms with E-state index in [0.717, 1.165) is 20.4 Å². The zero-order valence-corrected chi connectivity index (χ0v) is 23.5. The van der Waals surface area contributed by atoms with Gasteiger partial charge in [-0.2, -0.15) is 13.2 Å². The van der Waals surface area contributed by atoms with Gasteiger partial charge in [0, 0.05) is 15.1 Å².